The van der Waals surface area contributed by atoms with Gasteiger partial charge in [-0.15, -0.1) is 0 Å². The smallest absolute Gasteiger partial charge is 0.350 e. The van der Waals surface area contributed by atoms with Gasteiger partial charge in [0.25, 0.3) is 0 Å². The van der Waals surface area contributed by atoms with Crippen LogP contribution in [0.4, 0.5) is 0 Å². The number of carbonyl (C=O) groups is 3. The fraction of sp³-hybridized carbons (Fsp3) is 0.192. The molecule has 0 saturated heterocycles. The quantitative estimate of drug-likeness (QED) is 0.325. The van der Waals surface area contributed by atoms with E-state index in [4.69, 9.17) is 25.8 Å². The van der Waals surface area contributed by atoms with E-state index in [1.54, 1.807) is 48.5 Å². The minimum atomic E-state index is -1.36. The SMILES string of the molecule is CC(C)(Oc1ccc(C(=O)c2ccc(Cl)cc2)cc1)C(=O)OCC(=O)OCc1ccccc1. The average Bonchev–Trinajstić information content (AvgIpc) is 2.82. The Morgan fingerprint density at radius 3 is 1.97 bits per heavy atom. The third-order valence-electron chi connectivity index (χ3n) is 4.65. The number of rotatable bonds is 9. The Bertz CT molecular complexity index is 1110. The topological polar surface area (TPSA) is 78.9 Å². The van der Waals surface area contributed by atoms with Gasteiger partial charge in [0.2, 0.25) is 0 Å². The molecule has 0 aliphatic rings. The third-order valence-corrected chi connectivity index (χ3v) is 4.90. The highest BCUT2D eigenvalue weighted by atomic mass is 35.5. The number of hydrogen-bond acceptors (Lipinski definition) is 6. The Kier molecular flexibility index (Phi) is 7.85. The summed E-state index contributed by atoms with van der Waals surface area (Å²) in [6.45, 7) is 2.63. The minimum absolute atomic E-state index is 0.0954. The molecule has 33 heavy (non-hydrogen) atoms. The maximum absolute atomic E-state index is 12.6. The summed E-state index contributed by atoms with van der Waals surface area (Å²) < 4.78 is 15.9. The second-order valence-corrected chi connectivity index (χ2v) is 8.13. The van der Waals surface area contributed by atoms with Crippen molar-refractivity contribution in [3.63, 3.8) is 0 Å². The maximum Gasteiger partial charge on any atom is 0.350 e. The molecule has 0 saturated carbocycles. The summed E-state index contributed by atoms with van der Waals surface area (Å²) >= 11 is 5.86. The van der Waals surface area contributed by atoms with E-state index in [1.807, 2.05) is 30.3 Å². The Hall–Kier alpha value is -3.64. The molecule has 0 aliphatic carbocycles. The number of ether oxygens (including phenoxy) is 3. The fourth-order valence-electron chi connectivity index (χ4n) is 2.86. The molecule has 3 rings (SSSR count). The molecule has 0 heterocycles. The maximum atomic E-state index is 12.6. The Balaban J connectivity index is 1.51. The molecule has 170 valence electrons. The number of benzene rings is 3. The zero-order valence-corrected chi connectivity index (χ0v) is 19.0. The summed E-state index contributed by atoms with van der Waals surface area (Å²) in [6.07, 6.45) is 0. The van der Waals surface area contributed by atoms with Crippen molar-refractivity contribution in [3.8, 4) is 5.75 Å². The number of carbonyl (C=O) groups excluding carboxylic acids is 3. The van der Waals surface area contributed by atoms with Gasteiger partial charge in [0, 0.05) is 16.1 Å². The first-order valence-corrected chi connectivity index (χ1v) is 10.6. The Morgan fingerprint density at radius 1 is 0.788 bits per heavy atom. The van der Waals surface area contributed by atoms with Crippen molar-refractivity contribution >= 4 is 29.3 Å². The molecule has 0 atom stereocenters. The zero-order chi connectivity index (χ0) is 23.8. The van der Waals surface area contributed by atoms with Gasteiger partial charge >= 0.3 is 11.9 Å². The highest BCUT2D eigenvalue weighted by molar-refractivity contribution is 6.30. The van der Waals surface area contributed by atoms with Crippen molar-refractivity contribution in [3.05, 3.63) is 101 Å². The first-order valence-electron chi connectivity index (χ1n) is 10.2. The predicted molar refractivity (Wildman–Crippen MR) is 123 cm³/mol. The van der Waals surface area contributed by atoms with Gasteiger partial charge in [0.15, 0.2) is 18.0 Å². The first-order chi connectivity index (χ1) is 15.7. The Labute approximate surface area is 197 Å². The van der Waals surface area contributed by atoms with Gasteiger partial charge in [-0.25, -0.2) is 9.59 Å². The van der Waals surface area contributed by atoms with Crippen molar-refractivity contribution in [1.29, 1.82) is 0 Å². The second-order valence-electron chi connectivity index (χ2n) is 7.70. The molecular formula is C26H23ClO6. The van der Waals surface area contributed by atoms with Crippen molar-refractivity contribution in [2.24, 2.45) is 0 Å². The van der Waals surface area contributed by atoms with Gasteiger partial charge in [0.1, 0.15) is 12.4 Å². The van der Waals surface area contributed by atoms with Crippen molar-refractivity contribution in [2.75, 3.05) is 6.61 Å². The molecule has 0 amide bonds. The van der Waals surface area contributed by atoms with E-state index in [9.17, 15) is 14.4 Å². The lowest BCUT2D eigenvalue weighted by molar-refractivity contribution is -0.168. The molecule has 0 spiro atoms. The predicted octanol–water partition coefficient (Wildman–Crippen LogP) is 5.02. The van der Waals surface area contributed by atoms with E-state index in [2.05, 4.69) is 0 Å². The molecule has 6 nitrogen and oxygen atoms in total. The molecule has 7 heteroatoms. The molecule has 3 aromatic carbocycles. The first kappa shape index (κ1) is 24.0. The molecule has 0 radical (unpaired) electrons. The summed E-state index contributed by atoms with van der Waals surface area (Å²) in [5, 5.41) is 0.550. The van der Waals surface area contributed by atoms with E-state index in [1.165, 1.54) is 13.8 Å². The standard InChI is InChI=1S/C26H23ClO6/c1-26(2,25(30)32-17-23(28)31-16-18-6-4-3-5-7-18)33-22-14-10-20(11-15-22)24(29)19-8-12-21(27)13-9-19/h3-15H,16-17H2,1-2H3. The fourth-order valence-corrected chi connectivity index (χ4v) is 2.98. The average molecular weight is 467 g/mol. The van der Waals surface area contributed by atoms with E-state index in [0.717, 1.165) is 5.56 Å². The molecule has 0 aliphatic heterocycles. The summed E-state index contributed by atoms with van der Waals surface area (Å²) in [7, 11) is 0. The van der Waals surface area contributed by atoms with Gasteiger partial charge in [-0.05, 0) is 67.9 Å². The molecular weight excluding hydrogens is 444 g/mol. The van der Waals surface area contributed by atoms with E-state index >= 15 is 0 Å². The lowest BCUT2D eigenvalue weighted by Crippen LogP contribution is -2.40. The van der Waals surface area contributed by atoms with E-state index in [0.29, 0.717) is 21.9 Å². The number of ketones is 1. The summed E-state index contributed by atoms with van der Waals surface area (Å²) in [5.41, 5.74) is 0.447. The second kappa shape index (κ2) is 10.8. The van der Waals surface area contributed by atoms with Crippen LogP contribution in [-0.2, 0) is 25.7 Å². The van der Waals surface area contributed by atoms with Crippen molar-refractivity contribution in [2.45, 2.75) is 26.1 Å². The summed E-state index contributed by atoms with van der Waals surface area (Å²) in [5.74, 6) is -1.17. The van der Waals surface area contributed by atoms with Crippen LogP contribution in [0.25, 0.3) is 0 Å². The van der Waals surface area contributed by atoms with Gasteiger partial charge < -0.3 is 14.2 Å². The molecule has 0 aromatic heterocycles. The van der Waals surface area contributed by atoms with Crippen molar-refractivity contribution < 1.29 is 28.6 Å². The molecule has 0 fully saturated rings. The lowest BCUT2D eigenvalue weighted by Gasteiger charge is -2.24. The number of halogens is 1. The van der Waals surface area contributed by atoms with Crippen LogP contribution >= 0.6 is 11.6 Å². The molecule has 0 N–H and O–H groups in total. The Morgan fingerprint density at radius 2 is 1.36 bits per heavy atom. The van der Waals surface area contributed by atoms with Crippen LogP contribution in [0, 0.1) is 0 Å². The van der Waals surface area contributed by atoms with Crippen LogP contribution in [-0.4, -0.2) is 29.9 Å². The number of hydrogen-bond donors (Lipinski definition) is 0. The van der Waals surface area contributed by atoms with Gasteiger partial charge in [-0.1, -0.05) is 41.9 Å². The van der Waals surface area contributed by atoms with Crippen LogP contribution in [0.2, 0.25) is 5.02 Å². The highest BCUT2D eigenvalue weighted by Crippen LogP contribution is 2.22. The van der Waals surface area contributed by atoms with Crippen LogP contribution in [0.3, 0.4) is 0 Å². The van der Waals surface area contributed by atoms with Crippen LogP contribution in [0.5, 0.6) is 5.75 Å². The van der Waals surface area contributed by atoms with E-state index < -0.39 is 24.1 Å². The van der Waals surface area contributed by atoms with Gasteiger partial charge in [0.05, 0.1) is 0 Å². The van der Waals surface area contributed by atoms with Crippen LogP contribution in [0.15, 0.2) is 78.9 Å². The monoisotopic (exact) mass is 466 g/mol. The number of esters is 2. The normalized spacial score (nSPS) is 10.9. The van der Waals surface area contributed by atoms with E-state index in [-0.39, 0.29) is 12.4 Å². The largest absolute Gasteiger partial charge is 0.476 e. The summed E-state index contributed by atoms with van der Waals surface area (Å²) in [6, 6.07) is 22.2. The lowest BCUT2D eigenvalue weighted by atomic mass is 10.0. The van der Waals surface area contributed by atoms with Gasteiger partial charge in [-0.3, -0.25) is 4.79 Å². The molecule has 3 aromatic rings. The molecule has 0 bridgehead atoms. The van der Waals surface area contributed by atoms with Crippen LogP contribution < -0.4 is 4.74 Å². The zero-order valence-electron chi connectivity index (χ0n) is 18.2. The highest BCUT2D eigenvalue weighted by Gasteiger charge is 2.32. The third kappa shape index (κ3) is 6.92. The van der Waals surface area contributed by atoms with Crippen LogP contribution in [0.1, 0.15) is 35.3 Å². The summed E-state index contributed by atoms with van der Waals surface area (Å²) in [4.78, 5) is 36.8. The van der Waals surface area contributed by atoms with Gasteiger partial charge in [-0.2, -0.15) is 0 Å². The molecule has 0 unspecified atom stereocenters. The minimum Gasteiger partial charge on any atom is -0.476 e. The van der Waals surface area contributed by atoms with Crippen molar-refractivity contribution in [1.82, 2.24) is 0 Å².